The largest absolute Gasteiger partial charge is 0.336 e. The topological polar surface area (TPSA) is 94.6 Å². The summed E-state index contributed by atoms with van der Waals surface area (Å²) >= 11 is 1.28. The molecule has 8 nitrogen and oxygen atoms in total. The normalized spacial score (nSPS) is 14.3. The number of rotatable bonds is 6. The second-order valence-electron chi connectivity index (χ2n) is 7.90. The number of thiazole rings is 1. The van der Waals surface area contributed by atoms with Crippen LogP contribution in [0.4, 0.5) is 15.2 Å². The van der Waals surface area contributed by atoms with Gasteiger partial charge in [-0.15, -0.1) is 0 Å². The summed E-state index contributed by atoms with van der Waals surface area (Å²) in [5.74, 6) is -1.07. The third-order valence-corrected chi connectivity index (χ3v) is 6.31. The molecule has 0 saturated carbocycles. The highest BCUT2D eigenvalue weighted by atomic mass is 32.1. The Labute approximate surface area is 194 Å². The van der Waals surface area contributed by atoms with E-state index in [1.54, 1.807) is 18.2 Å². The molecule has 3 aromatic rings. The maximum Gasteiger partial charge on any atom is 0.253 e. The van der Waals surface area contributed by atoms with Crippen LogP contribution < -0.4 is 10.6 Å². The van der Waals surface area contributed by atoms with Crippen molar-refractivity contribution < 1.29 is 18.8 Å². The molecule has 1 fully saturated rings. The molecule has 1 aromatic heterocycles. The van der Waals surface area contributed by atoms with Crippen LogP contribution >= 0.6 is 11.3 Å². The van der Waals surface area contributed by atoms with Gasteiger partial charge >= 0.3 is 0 Å². The van der Waals surface area contributed by atoms with Crippen LogP contribution in [-0.4, -0.2) is 65.7 Å². The third kappa shape index (κ3) is 5.91. The molecule has 0 spiro atoms. The second-order valence-corrected chi connectivity index (χ2v) is 8.93. The second kappa shape index (κ2) is 10.1. The number of halogens is 1. The van der Waals surface area contributed by atoms with Crippen molar-refractivity contribution in [1.29, 1.82) is 0 Å². The average molecular weight is 470 g/mol. The Hall–Kier alpha value is -3.37. The van der Waals surface area contributed by atoms with Crippen molar-refractivity contribution in [2.75, 3.05) is 43.9 Å². The molecular formula is C23H24FN5O3S. The predicted octanol–water partition coefficient (Wildman–Crippen LogP) is 3.18. The van der Waals surface area contributed by atoms with E-state index >= 15 is 0 Å². The van der Waals surface area contributed by atoms with Crippen molar-refractivity contribution in [3.63, 3.8) is 0 Å². The molecule has 2 N–H and O–H groups in total. The van der Waals surface area contributed by atoms with Gasteiger partial charge in [0.05, 0.1) is 10.2 Å². The van der Waals surface area contributed by atoms with Crippen molar-refractivity contribution in [2.24, 2.45) is 0 Å². The standard InChI is InChI=1S/C23H24FN5O3S/c1-28-10-12-29(13-11-28)22(32)15-2-7-18-19(14-15)33-23(26-18)27-21(31)9-8-20(30)25-17-5-3-16(24)4-6-17/h2-7,14H,8-13H2,1H3,(H,25,30)(H,26,27,31). The van der Waals surface area contributed by atoms with Gasteiger partial charge in [0.15, 0.2) is 5.13 Å². The molecular weight excluding hydrogens is 445 g/mol. The maximum absolute atomic E-state index is 12.9. The lowest BCUT2D eigenvalue weighted by atomic mass is 10.1. The number of nitrogens with zero attached hydrogens (tertiary/aromatic N) is 3. The van der Waals surface area contributed by atoms with Gasteiger partial charge in [-0.3, -0.25) is 14.4 Å². The summed E-state index contributed by atoms with van der Waals surface area (Å²) < 4.78 is 13.7. The fraction of sp³-hybridized carbons (Fsp3) is 0.304. The quantitative estimate of drug-likeness (QED) is 0.578. The lowest BCUT2D eigenvalue weighted by molar-refractivity contribution is -0.121. The summed E-state index contributed by atoms with van der Waals surface area (Å²) in [7, 11) is 2.04. The van der Waals surface area contributed by atoms with Gasteiger partial charge in [-0.2, -0.15) is 0 Å². The van der Waals surface area contributed by atoms with E-state index in [0.29, 0.717) is 35.0 Å². The molecule has 0 unspecified atom stereocenters. The number of nitrogens with one attached hydrogen (secondary N) is 2. The zero-order chi connectivity index (χ0) is 23.4. The number of hydrogen-bond donors (Lipinski definition) is 2. The van der Waals surface area contributed by atoms with Crippen molar-refractivity contribution in [3.8, 4) is 0 Å². The molecule has 4 rings (SSSR count). The highest BCUT2D eigenvalue weighted by Crippen LogP contribution is 2.27. The molecule has 1 aliphatic heterocycles. The van der Waals surface area contributed by atoms with Crippen molar-refractivity contribution in [1.82, 2.24) is 14.8 Å². The first kappa shape index (κ1) is 22.8. The van der Waals surface area contributed by atoms with Crippen LogP contribution in [0.2, 0.25) is 0 Å². The predicted molar refractivity (Wildman–Crippen MR) is 126 cm³/mol. The molecule has 0 atom stereocenters. The Morgan fingerprint density at radius 1 is 0.970 bits per heavy atom. The average Bonchev–Trinajstić information content (AvgIpc) is 3.20. The van der Waals surface area contributed by atoms with Crippen molar-refractivity contribution >= 4 is 50.1 Å². The molecule has 0 aliphatic carbocycles. The first-order chi connectivity index (χ1) is 15.9. The van der Waals surface area contributed by atoms with Gasteiger partial charge in [0, 0.05) is 50.3 Å². The summed E-state index contributed by atoms with van der Waals surface area (Å²) in [4.78, 5) is 45.5. The summed E-state index contributed by atoms with van der Waals surface area (Å²) in [6.45, 7) is 3.11. The molecule has 1 saturated heterocycles. The highest BCUT2D eigenvalue weighted by molar-refractivity contribution is 7.22. The number of fused-ring (bicyclic) bond motifs is 1. The molecule has 2 heterocycles. The molecule has 10 heteroatoms. The molecule has 33 heavy (non-hydrogen) atoms. The third-order valence-electron chi connectivity index (χ3n) is 5.38. The van der Waals surface area contributed by atoms with E-state index in [-0.39, 0.29) is 36.4 Å². The van der Waals surface area contributed by atoms with Crippen LogP contribution in [0.25, 0.3) is 10.2 Å². The fourth-order valence-electron chi connectivity index (χ4n) is 3.47. The van der Waals surface area contributed by atoms with E-state index in [9.17, 15) is 18.8 Å². The van der Waals surface area contributed by atoms with Gasteiger partial charge in [0.1, 0.15) is 5.82 Å². The number of amides is 3. The van der Waals surface area contributed by atoms with E-state index in [1.165, 1.54) is 35.6 Å². The fourth-order valence-corrected chi connectivity index (χ4v) is 4.39. The minimum Gasteiger partial charge on any atom is -0.336 e. The molecule has 172 valence electrons. The number of carbonyl (C=O) groups excluding carboxylic acids is 3. The monoisotopic (exact) mass is 469 g/mol. The lowest BCUT2D eigenvalue weighted by Crippen LogP contribution is -2.47. The number of anilines is 2. The zero-order valence-electron chi connectivity index (χ0n) is 18.1. The molecule has 3 amide bonds. The van der Waals surface area contributed by atoms with E-state index in [0.717, 1.165) is 17.8 Å². The van der Waals surface area contributed by atoms with Gasteiger partial charge in [-0.05, 0) is 49.5 Å². The Bertz CT molecular complexity index is 1170. The van der Waals surface area contributed by atoms with E-state index < -0.39 is 0 Å². The van der Waals surface area contributed by atoms with Crippen LogP contribution in [-0.2, 0) is 9.59 Å². The van der Waals surface area contributed by atoms with Crippen LogP contribution in [0.1, 0.15) is 23.2 Å². The minimum absolute atomic E-state index is 0.00356. The first-order valence-electron chi connectivity index (χ1n) is 10.6. The number of likely N-dealkylation sites (N-methyl/N-ethyl adjacent to an activating group) is 1. The van der Waals surface area contributed by atoms with Crippen LogP contribution in [0.5, 0.6) is 0 Å². The van der Waals surface area contributed by atoms with E-state index in [1.807, 2.05) is 11.9 Å². The summed E-state index contributed by atoms with van der Waals surface area (Å²) in [5.41, 5.74) is 1.76. The summed E-state index contributed by atoms with van der Waals surface area (Å²) in [5, 5.41) is 5.75. The van der Waals surface area contributed by atoms with Gasteiger partial charge < -0.3 is 20.4 Å². The smallest absolute Gasteiger partial charge is 0.253 e. The van der Waals surface area contributed by atoms with Crippen molar-refractivity contribution in [3.05, 3.63) is 53.8 Å². The molecule has 1 aliphatic rings. The number of carbonyl (C=O) groups is 3. The molecule has 2 aromatic carbocycles. The zero-order valence-corrected chi connectivity index (χ0v) is 19.0. The Balaban J connectivity index is 1.32. The summed E-state index contributed by atoms with van der Waals surface area (Å²) in [6.07, 6.45) is -0.0339. The van der Waals surface area contributed by atoms with E-state index in [4.69, 9.17) is 0 Å². The summed E-state index contributed by atoms with van der Waals surface area (Å²) in [6, 6.07) is 10.8. The van der Waals surface area contributed by atoms with Gasteiger partial charge in [0.25, 0.3) is 5.91 Å². The maximum atomic E-state index is 12.9. The van der Waals surface area contributed by atoms with E-state index in [2.05, 4.69) is 20.5 Å². The van der Waals surface area contributed by atoms with Crippen LogP contribution in [0.3, 0.4) is 0 Å². The number of piperazine rings is 1. The highest BCUT2D eigenvalue weighted by Gasteiger charge is 2.21. The molecule has 0 bridgehead atoms. The first-order valence-corrected chi connectivity index (χ1v) is 11.4. The number of hydrogen-bond acceptors (Lipinski definition) is 6. The van der Waals surface area contributed by atoms with Gasteiger partial charge in [-0.25, -0.2) is 9.37 Å². The number of aromatic nitrogens is 1. The van der Waals surface area contributed by atoms with Crippen LogP contribution in [0, 0.1) is 5.82 Å². The SMILES string of the molecule is CN1CCN(C(=O)c2ccc3nc(NC(=O)CCC(=O)Nc4ccc(F)cc4)sc3c2)CC1. The Kier molecular flexibility index (Phi) is 6.95. The van der Waals surface area contributed by atoms with Gasteiger partial charge in [-0.1, -0.05) is 11.3 Å². The van der Waals surface area contributed by atoms with Crippen molar-refractivity contribution in [2.45, 2.75) is 12.8 Å². The Morgan fingerprint density at radius 3 is 2.33 bits per heavy atom. The van der Waals surface area contributed by atoms with Gasteiger partial charge in [0.2, 0.25) is 11.8 Å². The van der Waals surface area contributed by atoms with Crippen LogP contribution in [0.15, 0.2) is 42.5 Å². The molecule has 0 radical (unpaired) electrons. The number of benzene rings is 2. The lowest BCUT2D eigenvalue weighted by Gasteiger charge is -2.32. The minimum atomic E-state index is -0.390. The Morgan fingerprint density at radius 2 is 1.64 bits per heavy atom.